The Kier molecular flexibility index (Phi) is 7.96. The number of fused-ring (bicyclic) bond motifs is 1. The van der Waals surface area contributed by atoms with E-state index in [1.54, 1.807) is 11.1 Å². The molecule has 0 spiro atoms. The second-order valence-corrected chi connectivity index (χ2v) is 11.7. The van der Waals surface area contributed by atoms with Gasteiger partial charge in [-0.25, -0.2) is 23.5 Å². The number of anilines is 3. The molecule has 1 aromatic carbocycles. The lowest BCUT2D eigenvalue weighted by molar-refractivity contribution is -0.122. The predicted molar refractivity (Wildman–Crippen MR) is 150 cm³/mol. The molecule has 5 rings (SSSR count). The van der Waals surface area contributed by atoms with Gasteiger partial charge in [0.15, 0.2) is 5.65 Å². The van der Waals surface area contributed by atoms with E-state index in [9.17, 15) is 18.4 Å². The van der Waals surface area contributed by atoms with E-state index in [-0.39, 0.29) is 41.6 Å². The first-order chi connectivity index (χ1) is 19.5. The maximum atomic E-state index is 14.5. The topological polar surface area (TPSA) is 140 Å². The summed E-state index contributed by atoms with van der Waals surface area (Å²) in [5.41, 5.74) is 5.58. The third kappa shape index (κ3) is 6.49. The van der Waals surface area contributed by atoms with Crippen LogP contribution in [0.4, 0.5) is 31.2 Å². The lowest BCUT2D eigenvalue weighted by Crippen LogP contribution is -2.47. The van der Waals surface area contributed by atoms with E-state index >= 15 is 0 Å². The standard InChI is InChI=1S/C28H36F2N8O3/c1-28(2,3)41-27(40)37-13-5-6-17(15-37)33-25-32-14-21-24(36-25)38(18-11-9-16(10-12-18)23(31)39)26(34-21)35-22-19(29)7-4-8-20(22)30/h4,7-8,14,16-18H,5-6,9-13,15H2,1-3H3,(H2,31,39)(H,34,35)(H,32,33,36)/t16-,17-,18-/m1/s1. The maximum absolute atomic E-state index is 14.5. The van der Waals surface area contributed by atoms with E-state index in [1.165, 1.54) is 18.2 Å². The van der Waals surface area contributed by atoms with Crippen molar-refractivity contribution in [2.75, 3.05) is 23.7 Å². The maximum Gasteiger partial charge on any atom is 0.410 e. The van der Waals surface area contributed by atoms with Gasteiger partial charge in [0.25, 0.3) is 0 Å². The normalized spacial score (nSPS) is 21.5. The number of benzene rings is 1. The molecule has 220 valence electrons. The van der Waals surface area contributed by atoms with Gasteiger partial charge in [0.2, 0.25) is 17.8 Å². The molecule has 4 N–H and O–H groups in total. The number of primary amides is 1. The molecule has 41 heavy (non-hydrogen) atoms. The molecule has 0 unspecified atom stereocenters. The third-order valence-electron chi connectivity index (χ3n) is 7.50. The number of nitrogens with zero attached hydrogens (tertiary/aromatic N) is 5. The van der Waals surface area contributed by atoms with Crippen LogP contribution in [0.25, 0.3) is 11.2 Å². The number of ether oxygens (including phenoxy) is 1. The highest BCUT2D eigenvalue weighted by molar-refractivity contribution is 5.78. The number of amides is 2. The summed E-state index contributed by atoms with van der Waals surface area (Å²) in [5, 5.41) is 6.17. The minimum atomic E-state index is -0.749. The first-order valence-electron chi connectivity index (χ1n) is 14.0. The number of carbonyl (C=O) groups is 2. The van der Waals surface area contributed by atoms with Crippen molar-refractivity contribution in [1.82, 2.24) is 24.4 Å². The van der Waals surface area contributed by atoms with Gasteiger partial charge in [0.05, 0.1) is 6.20 Å². The summed E-state index contributed by atoms with van der Waals surface area (Å²) in [7, 11) is 0. The summed E-state index contributed by atoms with van der Waals surface area (Å²) in [6, 6.07) is 3.41. The van der Waals surface area contributed by atoms with Crippen molar-refractivity contribution in [3.63, 3.8) is 0 Å². The van der Waals surface area contributed by atoms with Crippen LogP contribution < -0.4 is 16.4 Å². The van der Waals surface area contributed by atoms with Crippen molar-refractivity contribution >= 4 is 40.7 Å². The molecular weight excluding hydrogens is 534 g/mol. The molecule has 1 atom stereocenters. The van der Waals surface area contributed by atoms with Gasteiger partial charge in [-0.2, -0.15) is 4.98 Å². The summed E-state index contributed by atoms with van der Waals surface area (Å²) >= 11 is 0. The van der Waals surface area contributed by atoms with Crippen LogP contribution in [0.3, 0.4) is 0 Å². The number of hydrogen-bond donors (Lipinski definition) is 3. The lowest BCUT2D eigenvalue weighted by Gasteiger charge is -2.34. The molecule has 2 fully saturated rings. The molecule has 1 saturated heterocycles. The quantitative estimate of drug-likeness (QED) is 0.381. The van der Waals surface area contributed by atoms with Gasteiger partial charge >= 0.3 is 6.09 Å². The zero-order valence-electron chi connectivity index (χ0n) is 23.5. The zero-order chi connectivity index (χ0) is 29.3. The van der Waals surface area contributed by atoms with Crippen LogP contribution in [0.1, 0.15) is 65.3 Å². The van der Waals surface area contributed by atoms with E-state index in [0.29, 0.717) is 55.9 Å². The number of rotatable bonds is 6. The van der Waals surface area contributed by atoms with Crippen LogP contribution in [0.15, 0.2) is 24.4 Å². The van der Waals surface area contributed by atoms with E-state index in [1.807, 2.05) is 25.3 Å². The van der Waals surface area contributed by atoms with Crippen molar-refractivity contribution in [3.8, 4) is 0 Å². The number of halogens is 2. The van der Waals surface area contributed by atoms with Crippen molar-refractivity contribution in [2.45, 2.75) is 77.0 Å². The highest BCUT2D eigenvalue weighted by Crippen LogP contribution is 2.37. The number of nitrogens with one attached hydrogen (secondary N) is 2. The largest absolute Gasteiger partial charge is 0.444 e. The van der Waals surface area contributed by atoms with Crippen LogP contribution in [0.5, 0.6) is 0 Å². The Morgan fingerprint density at radius 1 is 1.07 bits per heavy atom. The summed E-state index contributed by atoms with van der Waals surface area (Å²) < 4.78 is 36.5. The fraction of sp³-hybridized carbons (Fsp3) is 0.536. The van der Waals surface area contributed by atoms with Gasteiger partial charge in [-0.05, 0) is 71.4 Å². The van der Waals surface area contributed by atoms with Gasteiger partial charge < -0.3 is 26.0 Å². The molecule has 11 nitrogen and oxygen atoms in total. The van der Waals surface area contributed by atoms with Crippen molar-refractivity contribution in [3.05, 3.63) is 36.0 Å². The van der Waals surface area contributed by atoms with Crippen molar-refractivity contribution < 1.29 is 23.1 Å². The molecule has 1 aliphatic carbocycles. The lowest BCUT2D eigenvalue weighted by atomic mass is 9.85. The Morgan fingerprint density at radius 3 is 2.44 bits per heavy atom. The van der Waals surface area contributed by atoms with Crippen LogP contribution in [-0.2, 0) is 9.53 Å². The summed E-state index contributed by atoms with van der Waals surface area (Å²) in [6.07, 6.45) is 5.23. The molecule has 3 aromatic rings. The van der Waals surface area contributed by atoms with Gasteiger partial charge in [-0.15, -0.1) is 0 Å². The average molecular weight is 571 g/mol. The summed E-state index contributed by atoms with van der Waals surface area (Å²) in [6.45, 7) is 6.55. The van der Waals surface area contributed by atoms with Crippen molar-refractivity contribution in [2.24, 2.45) is 11.7 Å². The van der Waals surface area contributed by atoms with Gasteiger partial charge in [-0.3, -0.25) is 9.36 Å². The molecule has 1 aliphatic heterocycles. The second-order valence-electron chi connectivity index (χ2n) is 11.7. The Bertz CT molecular complexity index is 1410. The van der Waals surface area contributed by atoms with Gasteiger partial charge in [0, 0.05) is 31.1 Å². The van der Waals surface area contributed by atoms with E-state index in [2.05, 4.69) is 20.6 Å². The van der Waals surface area contributed by atoms with Crippen LogP contribution >= 0.6 is 0 Å². The number of piperidine rings is 1. The molecule has 13 heteroatoms. The Morgan fingerprint density at radius 2 is 1.78 bits per heavy atom. The van der Waals surface area contributed by atoms with Gasteiger partial charge in [0.1, 0.15) is 28.4 Å². The molecule has 3 heterocycles. The highest BCUT2D eigenvalue weighted by Gasteiger charge is 2.31. The fourth-order valence-corrected chi connectivity index (χ4v) is 5.51. The fourth-order valence-electron chi connectivity index (χ4n) is 5.51. The van der Waals surface area contributed by atoms with E-state index in [4.69, 9.17) is 15.5 Å². The third-order valence-corrected chi connectivity index (χ3v) is 7.50. The molecular formula is C28H36F2N8O3. The minimum Gasteiger partial charge on any atom is -0.444 e. The number of hydrogen-bond acceptors (Lipinski definition) is 8. The Balaban J connectivity index is 1.43. The number of imidazole rings is 1. The Hall–Kier alpha value is -4.03. The SMILES string of the molecule is CC(C)(C)OC(=O)N1CCC[C@@H](Nc2ncc3nc(Nc4c(F)cccc4F)n([C@H]4CC[C@H](C(N)=O)CC4)c3n2)C1. The average Bonchev–Trinajstić information content (AvgIpc) is 3.27. The summed E-state index contributed by atoms with van der Waals surface area (Å²) in [5.74, 6) is -1.46. The first kappa shape index (κ1) is 28.5. The highest BCUT2D eigenvalue weighted by atomic mass is 19.1. The molecule has 0 radical (unpaired) electrons. The van der Waals surface area contributed by atoms with Crippen LogP contribution in [-0.4, -0.2) is 61.2 Å². The zero-order valence-corrected chi connectivity index (χ0v) is 23.5. The van der Waals surface area contributed by atoms with Gasteiger partial charge in [-0.1, -0.05) is 6.07 Å². The molecule has 1 saturated carbocycles. The minimum absolute atomic E-state index is 0.0961. The van der Waals surface area contributed by atoms with Crippen LogP contribution in [0, 0.1) is 17.6 Å². The number of aromatic nitrogens is 4. The first-order valence-corrected chi connectivity index (χ1v) is 14.0. The second kappa shape index (κ2) is 11.5. The smallest absolute Gasteiger partial charge is 0.410 e. The van der Waals surface area contributed by atoms with E-state index < -0.39 is 17.2 Å². The van der Waals surface area contributed by atoms with E-state index in [0.717, 1.165) is 12.8 Å². The van der Waals surface area contributed by atoms with Crippen LogP contribution in [0.2, 0.25) is 0 Å². The Labute approximate surface area is 236 Å². The number of likely N-dealkylation sites (tertiary alicyclic amines) is 1. The monoisotopic (exact) mass is 570 g/mol. The molecule has 0 bridgehead atoms. The predicted octanol–water partition coefficient (Wildman–Crippen LogP) is 4.88. The molecule has 2 aliphatic rings. The number of para-hydroxylation sites is 1. The molecule has 2 amide bonds. The van der Waals surface area contributed by atoms with Crippen molar-refractivity contribution in [1.29, 1.82) is 0 Å². The summed E-state index contributed by atoms with van der Waals surface area (Å²) in [4.78, 5) is 39.8. The number of nitrogens with two attached hydrogens (primary N) is 1. The number of carbonyl (C=O) groups excluding carboxylic acids is 2. The molecule has 2 aromatic heterocycles.